The van der Waals surface area contributed by atoms with Crippen LogP contribution in [0.2, 0.25) is 0 Å². The van der Waals surface area contributed by atoms with Crippen LogP contribution in [0.15, 0.2) is 27.6 Å². The second-order valence-corrected chi connectivity index (χ2v) is 8.31. The number of fused-ring (bicyclic) bond motifs is 2. The van der Waals surface area contributed by atoms with E-state index in [0.717, 1.165) is 37.9 Å². The summed E-state index contributed by atoms with van der Waals surface area (Å²) in [6.45, 7) is 3.63. The fraction of sp³-hybridized carbons (Fsp3) is 0.571. The molecule has 4 nitrogen and oxygen atoms in total. The molecule has 0 radical (unpaired) electrons. The highest BCUT2D eigenvalue weighted by atomic mass is 79.9. The number of sulfonamides is 1. The number of benzene rings is 1. The van der Waals surface area contributed by atoms with E-state index in [0.29, 0.717) is 9.37 Å². The van der Waals surface area contributed by atoms with E-state index in [1.165, 1.54) is 0 Å². The Kier molecular flexibility index (Phi) is 3.92. The highest BCUT2D eigenvalue weighted by molar-refractivity contribution is 9.10. The van der Waals surface area contributed by atoms with Gasteiger partial charge in [0.25, 0.3) is 0 Å². The third kappa shape index (κ3) is 2.43. The van der Waals surface area contributed by atoms with E-state index in [4.69, 9.17) is 0 Å². The van der Waals surface area contributed by atoms with Crippen LogP contribution < -0.4 is 5.32 Å². The maximum Gasteiger partial charge on any atom is 0.244 e. The Morgan fingerprint density at radius 3 is 2.75 bits per heavy atom. The van der Waals surface area contributed by atoms with Crippen LogP contribution in [0.25, 0.3) is 0 Å². The molecule has 20 heavy (non-hydrogen) atoms. The van der Waals surface area contributed by atoms with Gasteiger partial charge in [-0.2, -0.15) is 4.31 Å². The molecule has 0 aliphatic carbocycles. The van der Waals surface area contributed by atoms with E-state index < -0.39 is 10.0 Å². The predicted octanol–water partition coefficient (Wildman–Crippen LogP) is 2.27. The quantitative estimate of drug-likeness (QED) is 0.882. The lowest BCUT2D eigenvalue weighted by atomic mass is 10.1. The minimum Gasteiger partial charge on any atom is -0.315 e. The van der Waals surface area contributed by atoms with Crippen molar-refractivity contribution >= 4 is 26.0 Å². The van der Waals surface area contributed by atoms with Crippen molar-refractivity contribution in [2.45, 2.75) is 43.2 Å². The summed E-state index contributed by atoms with van der Waals surface area (Å²) in [6.07, 6.45) is 2.84. The highest BCUT2D eigenvalue weighted by Crippen LogP contribution is 2.36. The Labute approximate surface area is 128 Å². The first-order chi connectivity index (χ1) is 9.50. The molecule has 1 aromatic carbocycles. The molecule has 110 valence electrons. The van der Waals surface area contributed by atoms with Crippen molar-refractivity contribution in [2.24, 2.45) is 0 Å². The van der Waals surface area contributed by atoms with Crippen molar-refractivity contribution in [3.63, 3.8) is 0 Å². The van der Waals surface area contributed by atoms with Gasteiger partial charge in [-0.1, -0.05) is 6.07 Å². The molecule has 2 aliphatic heterocycles. The van der Waals surface area contributed by atoms with Crippen molar-refractivity contribution in [3.8, 4) is 0 Å². The summed E-state index contributed by atoms with van der Waals surface area (Å²) in [4.78, 5) is 0.391. The van der Waals surface area contributed by atoms with Crippen LogP contribution in [-0.4, -0.2) is 37.9 Å². The second kappa shape index (κ2) is 5.40. The molecule has 2 aliphatic rings. The SMILES string of the molecule is Cc1ccc(S(=O)(=O)N2C3CCNCC2CC3)c(Br)c1. The molecule has 0 amide bonds. The zero-order chi connectivity index (χ0) is 14.3. The summed E-state index contributed by atoms with van der Waals surface area (Å²) in [5, 5.41) is 3.34. The normalized spacial score (nSPS) is 27.5. The number of halogens is 1. The first-order valence-electron chi connectivity index (χ1n) is 7.00. The average molecular weight is 359 g/mol. The summed E-state index contributed by atoms with van der Waals surface area (Å²) in [6, 6.07) is 5.68. The van der Waals surface area contributed by atoms with E-state index in [1.807, 2.05) is 19.1 Å². The molecule has 0 saturated carbocycles. The first kappa shape index (κ1) is 14.5. The molecule has 0 aromatic heterocycles. The van der Waals surface area contributed by atoms with Crippen LogP contribution in [0.4, 0.5) is 0 Å². The van der Waals surface area contributed by atoms with Crippen LogP contribution in [0.3, 0.4) is 0 Å². The van der Waals surface area contributed by atoms with Crippen molar-refractivity contribution in [2.75, 3.05) is 13.1 Å². The molecule has 2 saturated heterocycles. The molecule has 2 fully saturated rings. The van der Waals surface area contributed by atoms with Crippen LogP contribution in [-0.2, 0) is 10.0 Å². The van der Waals surface area contributed by atoms with Gasteiger partial charge in [0.1, 0.15) is 0 Å². The van der Waals surface area contributed by atoms with Crippen molar-refractivity contribution in [1.82, 2.24) is 9.62 Å². The topological polar surface area (TPSA) is 49.4 Å². The molecule has 2 atom stereocenters. The Balaban J connectivity index is 2.03. The summed E-state index contributed by atoms with van der Waals surface area (Å²) in [5.74, 6) is 0. The van der Waals surface area contributed by atoms with E-state index in [9.17, 15) is 8.42 Å². The Hall–Kier alpha value is -0.430. The molecular weight excluding hydrogens is 340 g/mol. The van der Waals surface area contributed by atoms with E-state index in [-0.39, 0.29) is 12.1 Å². The van der Waals surface area contributed by atoms with Crippen molar-refractivity contribution < 1.29 is 8.42 Å². The van der Waals surface area contributed by atoms with Gasteiger partial charge >= 0.3 is 0 Å². The lowest BCUT2D eigenvalue weighted by molar-refractivity contribution is 0.334. The summed E-state index contributed by atoms with van der Waals surface area (Å²) in [7, 11) is -3.42. The zero-order valence-corrected chi connectivity index (χ0v) is 13.9. The molecule has 1 N–H and O–H groups in total. The fourth-order valence-electron chi connectivity index (χ4n) is 3.26. The minimum absolute atomic E-state index is 0.0979. The van der Waals surface area contributed by atoms with Gasteiger partial charge in [0, 0.05) is 23.1 Å². The van der Waals surface area contributed by atoms with Gasteiger partial charge in [0.2, 0.25) is 10.0 Å². The maximum absolute atomic E-state index is 13.0. The Morgan fingerprint density at radius 2 is 2.00 bits per heavy atom. The Morgan fingerprint density at radius 1 is 1.25 bits per heavy atom. The van der Waals surface area contributed by atoms with Crippen LogP contribution in [0.1, 0.15) is 24.8 Å². The third-order valence-corrected chi connectivity index (χ3v) is 7.21. The third-order valence-electron chi connectivity index (χ3n) is 4.23. The van der Waals surface area contributed by atoms with Crippen molar-refractivity contribution in [3.05, 3.63) is 28.2 Å². The van der Waals surface area contributed by atoms with Gasteiger partial charge in [-0.15, -0.1) is 0 Å². The van der Waals surface area contributed by atoms with E-state index in [1.54, 1.807) is 10.4 Å². The number of aryl methyl sites for hydroxylation is 1. The molecule has 1 aromatic rings. The zero-order valence-electron chi connectivity index (χ0n) is 11.5. The van der Waals surface area contributed by atoms with Gasteiger partial charge in [-0.25, -0.2) is 8.42 Å². The minimum atomic E-state index is -3.42. The largest absolute Gasteiger partial charge is 0.315 e. The molecule has 2 heterocycles. The van der Waals surface area contributed by atoms with Crippen LogP contribution >= 0.6 is 15.9 Å². The van der Waals surface area contributed by atoms with Gasteiger partial charge in [-0.3, -0.25) is 0 Å². The number of nitrogens with zero attached hydrogens (tertiary/aromatic N) is 1. The van der Waals surface area contributed by atoms with Crippen molar-refractivity contribution in [1.29, 1.82) is 0 Å². The Bertz CT molecular complexity index is 604. The first-order valence-corrected chi connectivity index (χ1v) is 9.24. The number of rotatable bonds is 2. The van der Waals surface area contributed by atoms with Gasteiger partial charge in [-0.05, 0) is 66.4 Å². The number of hydrogen-bond acceptors (Lipinski definition) is 3. The number of hydrogen-bond donors (Lipinski definition) is 1. The smallest absolute Gasteiger partial charge is 0.244 e. The number of nitrogens with one attached hydrogen (secondary N) is 1. The van der Waals surface area contributed by atoms with E-state index >= 15 is 0 Å². The molecule has 6 heteroatoms. The molecule has 2 bridgehead atoms. The summed E-state index contributed by atoms with van der Waals surface area (Å²) < 4.78 is 28.4. The van der Waals surface area contributed by atoms with E-state index in [2.05, 4.69) is 21.2 Å². The predicted molar refractivity (Wildman–Crippen MR) is 82.2 cm³/mol. The van der Waals surface area contributed by atoms with Crippen LogP contribution in [0, 0.1) is 6.92 Å². The fourth-order valence-corrected chi connectivity index (χ4v) is 6.31. The lowest BCUT2D eigenvalue weighted by Crippen LogP contribution is -2.42. The van der Waals surface area contributed by atoms with Gasteiger partial charge in [0.05, 0.1) is 4.90 Å². The van der Waals surface area contributed by atoms with Crippen LogP contribution in [0.5, 0.6) is 0 Å². The molecule has 3 rings (SSSR count). The maximum atomic E-state index is 13.0. The molecule has 2 unspecified atom stereocenters. The average Bonchev–Trinajstić information content (AvgIpc) is 2.63. The summed E-state index contributed by atoms with van der Waals surface area (Å²) >= 11 is 3.41. The highest BCUT2D eigenvalue weighted by Gasteiger charge is 2.43. The monoisotopic (exact) mass is 358 g/mol. The molecule has 0 spiro atoms. The lowest BCUT2D eigenvalue weighted by Gasteiger charge is -2.27. The molecular formula is C14H19BrN2O2S. The summed E-state index contributed by atoms with van der Waals surface area (Å²) in [5.41, 5.74) is 1.05. The van der Waals surface area contributed by atoms with Gasteiger partial charge < -0.3 is 5.32 Å². The van der Waals surface area contributed by atoms with Gasteiger partial charge in [0.15, 0.2) is 0 Å². The second-order valence-electron chi connectivity index (χ2n) is 5.65. The standard InChI is InChI=1S/C14H19BrN2O2S/c1-10-2-5-14(13(15)8-10)20(18,19)17-11-3-4-12(17)9-16-7-6-11/h2,5,8,11-12,16H,3-4,6-7,9H2,1H3.